The number of nitrogens with one attached hydrogen (secondary N) is 2. The number of aromatic nitrogens is 1. The number of anilines is 1. The predicted molar refractivity (Wildman–Crippen MR) is 136 cm³/mol. The average Bonchev–Trinajstić information content (AvgIpc) is 3.37. The molecule has 4 rings (SSSR count). The summed E-state index contributed by atoms with van der Waals surface area (Å²) in [4.78, 5) is 16.0. The van der Waals surface area contributed by atoms with Gasteiger partial charge in [0.25, 0.3) is 0 Å². The van der Waals surface area contributed by atoms with E-state index < -0.39 is 0 Å². The maximum Gasteiger partial charge on any atom is 0.319 e. The highest BCUT2D eigenvalue weighted by Crippen LogP contribution is 2.36. The topological polar surface area (TPSA) is 72.5 Å². The number of pyridine rings is 1. The minimum absolute atomic E-state index is 0.216. The molecule has 1 heterocycles. The Morgan fingerprint density at radius 3 is 2.38 bits per heavy atom. The van der Waals surface area contributed by atoms with Crippen LogP contribution in [0.2, 0.25) is 0 Å². The van der Waals surface area contributed by atoms with E-state index >= 15 is 0 Å². The number of hydrogen-bond donors (Lipinski definition) is 2. The Bertz CT molecular complexity index is 1120. The molecule has 0 aliphatic heterocycles. The van der Waals surface area contributed by atoms with Crippen LogP contribution in [0.5, 0.6) is 11.5 Å². The van der Waals surface area contributed by atoms with E-state index in [2.05, 4.69) is 27.8 Å². The third-order valence-electron chi connectivity index (χ3n) is 5.88. The van der Waals surface area contributed by atoms with Crippen molar-refractivity contribution in [1.82, 2.24) is 10.3 Å². The van der Waals surface area contributed by atoms with Crippen molar-refractivity contribution >= 4 is 23.4 Å². The molecule has 1 aliphatic rings. The second-order valence-corrected chi connectivity index (χ2v) is 8.29. The zero-order chi connectivity index (χ0) is 23.8. The van der Waals surface area contributed by atoms with E-state index in [1.807, 2.05) is 55.5 Å². The third-order valence-corrected chi connectivity index (χ3v) is 5.88. The molecule has 2 amide bonds. The summed E-state index contributed by atoms with van der Waals surface area (Å²) in [6.07, 6.45) is 10.5. The molecule has 34 heavy (non-hydrogen) atoms. The largest absolute Gasteiger partial charge is 0.493 e. The van der Waals surface area contributed by atoms with Gasteiger partial charge in [-0.05, 0) is 97.3 Å². The lowest BCUT2D eigenvalue weighted by Crippen LogP contribution is -2.28. The van der Waals surface area contributed by atoms with Gasteiger partial charge < -0.3 is 20.1 Å². The van der Waals surface area contributed by atoms with Gasteiger partial charge in [0.15, 0.2) is 11.5 Å². The summed E-state index contributed by atoms with van der Waals surface area (Å²) in [5, 5.41) is 5.59. The first-order valence-electron chi connectivity index (χ1n) is 11.8. The molecule has 1 aromatic heterocycles. The Morgan fingerprint density at radius 1 is 1.00 bits per heavy atom. The minimum atomic E-state index is -0.216. The fraction of sp³-hybridized carbons (Fsp3) is 0.286. The van der Waals surface area contributed by atoms with Crippen LogP contribution in [0.4, 0.5) is 10.5 Å². The van der Waals surface area contributed by atoms with E-state index in [0.29, 0.717) is 6.54 Å². The van der Waals surface area contributed by atoms with Gasteiger partial charge >= 0.3 is 6.03 Å². The van der Waals surface area contributed by atoms with Crippen LogP contribution in [0.15, 0.2) is 67.0 Å². The molecule has 176 valence electrons. The van der Waals surface area contributed by atoms with Crippen molar-refractivity contribution in [2.24, 2.45) is 0 Å². The zero-order valence-corrected chi connectivity index (χ0v) is 19.7. The smallest absolute Gasteiger partial charge is 0.319 e. The monoisotopic (exact) mass is 457 g/mol. The van der Waals surface area contributed by atoms with E-state index in [1.54, 1.807) is 19.5 Å². The van der Waals surface area contributed by atoms with Crippen LogP contribution in [-0.4, -0.2) is 30.8 Å². The average molecular weight is 458 g/mol. The standard InChI is InChI=1S/C28H31N3O3/c1-3-30-28(32)31-23-11-8-21(9-12-23)25(18-20-14-16-29-17-15-20)22-10-13-26(33-2)27(19-22)34-24-6-4-5-7-24/h8-19,24H,3-7H2,1-2H3,(H2,30,31,32). The summed E-state index contributed by atoms with van der Waals surface area (Å²) in [5.41, 5.74) is 4.86. The van der Waals surface area contributed by atoms with Gasteiger partial charge in [-0.3, -0.25) is 4.98 Å². The Labute approximate surface area is 201 Å². The molecule has 6 nitrogen and oxygen atoms in total. The lowest BCUT2D eigenvalue weighted by molar-refractivity contribution is 0.201. The van der Waals surface area contributed by atoms with Crippen molar-refractivity contribution in [3.8, 4) is 11.5 Å². The number of benzene rings is 2. The number of amides is 2. The molecule has 2 aromatic carbocycles. The quantitative estimate of drug-likeness (QED) is 0.426. The highest BCUT2D eigenvalue weighted by Gasteiger charge is 2.19. The number of carbonyl (C=O) groups excluding carboxylic acids is 1. The molecule has 0 bridgehead atoms. The second-order valence-electron chi connectivity index (χ2n) is 8.29. The van der Waals surface area contributed by atoms with Gasteiger partial charge in [0.2, 0.25) is 0 Å². The van der Waals surface area contributed by atoms with Crippen molar-refractivity contribution < 1.29 is 14.3 Å². The summed E-state index contributed by atoms with van der Waals surface area (Å²) >= 11 is 0. The van der Waals surface area contributed by atoms with Crippen molar-refractivity contribution in [1.29, 1.82) is 0 Å². The zero-order valence-electron chi connectivity index (χ0n) is 19.7. The van der Waals surface area contributed by atoms with Crippen LogP contribution in [-0.2, 0) is 0 Å². The summed E-state index contributed by atoms with van der Waals surface area (Å²) in [6, 6.07) is 17.6. The van der Waals surface area contributed by atoms with Gasteiger partial charge in [0.05, 0.1) is 13.2 Å². The van der Waals surface area contributed by atoms with E-state index in [0.717, 1.165) is 52.3 Å². The summed E-state index contributed by atoms with van der Waals surface area (Å²) < 4.78 is 11.9. The lowest BCUT2D eigenvalue weighted by Gasteiger charge is -2.18. The van der Waals surface area contributed by atoms with Crippen LogP contribution in [0.1, 0.15) is 49.3 Å². The van der Waals surface area contributed by atoms with Gasteiger partial charge in [0.1, 0.15) is 0 Å². The van der Waals surface area contributed by atoms with Crippen molar-refractivity contribution in [3.05, 3.63) is 83.7 Å². The van der Waals surface area contributed by atoms with Crippen LogP contribution >= 0.6 is 0 Å². The number of hydrogen-bond acceptors (Lipinski definition) is 4. The fourth-order valence-corrected chi connectivity index (χ4v) is 4.15. The Balaban J connectivity index is 1.69. The Kier molecular flexibility index (Phi) is 7.81. The van der Waals surface area contributed by atoms with Crippen molar-refractivity contribution in [2.45, 2.75) is 38.7 Å². The molecule has 0 unspecified atom stereocenters. The number of ether oxygens (including phenoxy) is 2. The number of carbonyl (C=O) groups is 1. The maximum absolute atomic E-state index is 11.9. The van der Waals surface area contributed by atoms with Crippen LogP contribution in [0, 0.1) is 0 Å². The first kappa shape index (κ1) is 23.4. The normalized spacial score (nSPS) is 14.0. The van der Waals surface area contributed by atoms with Gasteiger partial charge in [-0.15, -0.1) is 0 Å². The molecule has 1 aliphatic carbocycles. The van der Waals surface area contributed by atoms with Crippen molar-refractivity contribution in [3.63, 3.8) is 0 Å². The van der Waals surface area contributed by atoms with E-state index in [9.17, 15) is 4.79 Å². The minimum Gasteiger partial charge on any atom is -0.493 e. The maximum atomic E-state index is 11.9. The fourth-order valence-electron chi connectivity index (χ4n) is 4.15. The van der Waals surface area contributed by atoms with Crippen LogP contribution in [0.3, 0.4) is 0 Å². The molecule has 6 heteroatoms. The van der Waals surface area contributed by atoms with E-state index in [-0.39, 0.29) is 12.1 Å². The van der Waals surface area contributed by atoms with Gasteiger partial charge in [0, 0.05) is 24.6 Å². The summed E-state index contributed by atoms with van der Waals surface area (Å²) in [6.45, 7) is 2.46. The second kappa shape index (κ2) is 11.4. The SMILES string of the molecule is CCNC(=O)Nc1ccc(C(=Cc2ccncc2)c2ccc(OC)c(OC3CCCC3)c2)cc1. The molecule has 1 fully saturated rings. The molecular formula is C28H31N3O3. The highest BCUT2D eigenvalue weighted by atomic mass is 16.5. The molecule has 3 aromatic rings. The van der Waals surface area contributed by atoms with E-state index in [1.165, 1.54) is 12.8 Å². The Hall–Kier alpha value is -3.80. The number of urea groups is 1. The molecule has 0 saturated heterocycles. The molecule has 0 spiro atoms. The number of methoxy groups -OCH3 is 1. The lowest BCUT2D eigenvalue weighted by atomic mass is 9.95. The van der Waals surface area contributed by atoms with Crippen LogP contribution in [0.25, 0.3) is 11.6 Å². The molecular weight excluding hydrogens is 426 g/mol. The number of nitrogens with zero attached hydrogens (tertiary/aromatic N) is 1. The molecule has 0 atom stereocenters. The highest BCUT2D eigenvalue weighted by molar-refractivity contribution is 5.93. The first-order chi connectivity index (χ1) is 16.7. The van der Waals surface area contributed by atoms with Gasteiger partial charge in [-0.1, -0.05) is 18.2 Å². The first-order valence-corrected chi connectivity index (χ1v) is 11.8. The molecule has 1 saturated carbocycles. The van der Waals surface area contributed by atoms with Crippen molar-refractivity contribution in [2.75, 3.05) is 19.0 Å². The Morgan fingerprint density at radius 2 is 1.71 bits per heavy atom. The summed E-state index contributed by atoms with van der Waals surface area (Å²) in [7, 11) is 1.67. The summed E-state index contributed by atoms with van der Waals surface area (Å²) in [5.74, 6) is 1.50. The van der Waals surface area contributed by atoms with E-state index in [4.69, 9.17) is 9.47 Å². The number of rotatable bonds is 8. The third kappa shape index (κ3) is 5.95. The predicted octanol–water partition coefficient (Wildman–Crippen LogP) is 6.14. The van der Waals surface area contributed by atoms with Gasteiger partial charge in [-0.2, -0.15) is 0 Å². The molecule has 0 radical (unpaired) electrons. The van der Waals surface area contributed by atoms with Gasteiger partial charge in [-0.25, -0.2) is 4.79 Å². The molecule has 2 N–H and O–H groups in total. The van der Waals surface area contributed by atoms with Crippen LogP contribution < -0.4 is 20.1 Å².